The zero-order valence-electron chi connectivity index (χ0n) is 41.8. The van der Waals surface area contributed by atoms with Gasteiger partial charge in [0.15, 0.2) is 5.96 Å². The van der Waals surface area contributed by atoms with Crippen LogP contribution in [0.2, 0.25) is 0 Å². The summed E-state index contributed by atoms with van der Waals surface area (Å²) in [7, 11) is 0. The monoisotopic (exact) mass is 1060 g/mol. The summed E-state index contributed by atoms with van der Waals surface area (Å²) in [6.45, 7) is 6.53. The summed E-state index contributed by atoms with van der Waals surface area (Å²) in [6.07, 6.45) is -1.97. The summed E-state index contributed by atoms with van der Waals surface area (Å²) in [5, 5.41) is 55.5. The van der Waals surface area contributed by atoms with Crippen LogP contribution >= 0.6 is 12.6 Å². The van der Waals surface area contributed by atoms with Crippen LogP contribution in [0.25, 0.3) is 0 Å². The van der Waals surface area contributed by atoms with Crippen LogP contribution in [0.1, 0.15) is 91.0 Å². The number of aliphatic imine (C=N–C) groups is 1. The van der Waals surface area contributed by atoms with Crippen LogP contribution in [0, 0.1) is 11.8 Å². The smallest absolute Gasteiger partial charge is 0.327 e. The molecule has 0 bridgehead atoms. The molecule has 0 saturated carbocycles. The lowest BCUT2D eigenvalue weighted by Gasteiger charge is -2.29. The molecular formula is C46H72N12O15S. The Morgan fingerprint density at radius 1 is 0.716 bits per heavy atom. The van der Waals surface area contributed by atoms with Crippen molar-refractivity contribution in [2.24, 2.45) is 34.0 Å². The van der Waals surface area contributed by atoms with E-state index in [9.17, 15) is 73.2 Å². The Hall–Kier alpha value is -7.23. The lowest BCUT2D eigenvalue weighted by Crippen LogP contribution is -2.60. The number of aliphatic carboxylic acids is 3. The van der Waals surface area contributed by atoms with Gasteiger partial charge in [0, 0.05) is 38.1 Å². The van der Waals surface area contributed by atoms with Crippen molar-refractivity contribution in [3.8, 4) is 5.75 Å². The number of benzene rings is 1. The summed E-state index contributed by atoms with van der Waals surface area (Å²) in [6, 6.07) is -5.55. The molecule has 8 amide bonds. The summed E-state index contributed by atoms with van der Waals surface area (Å²) >= 11 is 3.90. The predicted octanol–water partition coefficient (Wildman–Crippen LogP) is -3.22. The zero-order chi connectivity index (χ0) is 55.8. The van der Waals surface area contributed by atoms with E-state index in [-0.39, 0.29) is 68.1 Å². The maximum Gasteiger partial charge on any atom is 0.327 e. The summed E-state index contributed by atoms with van der Waals surface area (Å²) in [4.78, 5) is 149. The number of nitrogens with one attached hydrogen (secondary N) is 7. The van der Waals surface area contributed by atoms with Gasteiger partial charge >= 0.3 is 17.9 Å². The van der Waals surface area contributed by atoms with Gasteiger partial charge in [-0.15, -0.1) is 0 Å². The van der Waals surface area contributed by atoms with Gasteiger partial charge in [-0.1, -0.05) is 46.2 Å². The first-order valence-electron chi connectivity index (χ1n) is 24.0. The molecular weight excluding hydrogens is 993 g/mol. The molecule has 0 aromatic heterocycles. The van der Waals surface area contributed by atoms with Crippen LogP contribution in [-0.2, 0) is 59.2 Å². The van der Waals surface area contributed by atoms with Crippen LogP contribution < -0.4 is 54.4 Å². The van der Waals surface area contributed by atoms with Gasteiger partial charge in [-0.3, -0.25) is 52.9 Å². The van der Waals surface area contributed by atoms with Crippen LogP contribution in [0.15, 0.2) is 29.3 Å². The standard InChI is InChI=1S/C46H72N12O15S/c1-5-24(4)37(57-43(70)36(47)23(2)3)44(71)51-21-33(60)58-19-7-9-32(58)42(69)55-30(20-25-10-12-26(59)13-11-25)41(68)54-28(14-16-34(61)62)39(66)52-27(8-6-18-50-46(48)49)38(65)53-29(15-17-35(63)64)40(67)56-31(22-74)45(72)73/h10-13,23-24,27-32,36-37,59,74H,5-9,14-22,47H2,1-4H3,(H,51,71)(H,52,66)(H,53,65)(H,54,68)(H,55,69)(H,56,67)(H,57,70)(H,61,62)(H,63,64)(H,72,73)(H4,48,49,50)/t24-,27-,28-,29-,30-,31-,32-,36-,37-/m0/s1. The van der Waals surface area contributed by atoms with Crippen molar-refractivity contribution in [2.45, 2.75) is 140 Å². The number of carboxylic acids is 3. The van der Waals surface area contributed by atoms with Crippen molar-refractivity contribution in [3.63, 3.8) is 0 Å². The fraction of sp³-hybridized carbons (Fsp3) is 0.609. The van der Waals surface area contributed by atoms with E-state index in [0.29, 0.717) is 18.4 Å². The average molecular weight is 1070 g/mol. The van der Waals surface area contributed by atoms with E-state index in [0.717, 1.165) is 0 Å². The van der Waals surface area contributed by atoms with Crippen LogP contribution in [0.5, 0.6) is 5.75 Å². The minimum Gasteiger partial charge on any atom is -0.508 e. The second-order valence-electron chi connectivity index (χ2n) is 18.1. The number of nitrogens with zero attached hydrogens (tertiary/aromatic N) is 2. The number of carboxylic acid groups (broad SMARTS) is 3. The van der Waals surface area contributed by atoms with Crippen LogP contribution in [0.4, 0.5) is 0 Å². The molecule has 1 aliphatic rings. The molecule has 2 rings (SSSR count). The number of amides is 8. The number of likely N-dealkylation sites (tertiary alicyclic amines) is 1. The minimum absolute atomic E-state index is 0.00730. The highest BCUT2D eigenvalue weighted by molar-refractivity contribution is 7.80. The van der Waals surface area contributed by atoms with E-state index in [1.54, 1.807) is 20.8 Å². The first-order valence-corrected chi connectivity index (χ1v) is 24.7. The maximum atomic E-state index is 14.3. The Kier molecular flexibility index (Phi) is 26.7. The normalized spacial score (nSPS) is 16.3. The summed E-state index contributed by atoms with van der Waals surface area (Å²) < 4.78 is 0. The van der Waals surface area contributed by atoms with E-state index in [1.807, 2.05) is 6.92 Å². The molecule has 0 spiro atoms. The van der Waals surface area contributed by atoms with E-state index >= 15 is 0 Å². The van der Waals surface area contributed by atoms with E-state index in [4.69, 9.17) is 17.2 Å². The number of carbonyl (C=O) groups excluding carboxylic acids is 8. The van der Waals surface area contributed by atoms with E-state index in [2.05, 4.69) is 54.8 Å². The molecule has 74 heavy (non-hydrogen) atoms. The second-order valence-corrected chi connectivity index (χ2v) is 18.5. The van der Waals surface area contributed by atoms with Gasteiger partial charge in [0.1, 0.15) is 48.0 Å². The van der Waals surface area contributed by atoms with Gasteiger partial charge in [0.25, 0.3) is 0 Å². The van der Waals surface area contributed by atoms with Crippen molar-refractivity contribution < 1.29 is 73.2 Å². The third-order valence-corrected chi connectivity index (χ3v) is 12.4. The highest BCUT2D eigenvalue weighted by Crippen LogP contribution is 2.19. The third kappa shape index (κ3) is 21.5. The number of carbonyl (C=O) groups is 11. The molecule has 28 heteroatoms. The fourth-order valence-electron chi connectivity index (χ4n) is 7.43. The maximum absolute atomic E-state index is 14.3. The predicted molar refractivity (Wildman–Crippen MR) is 269 cm³/mol. The summed E-state index contributed by atoms with van der Waals surface area (Å²) in [5.74, 6) is -12.5. The Morgan fingerprint density at radius 3 is 1.70 bits per heavy atom. The molecule has 412 valence electrons. The molecule has 1 aliphatic heterocycles. The molecule has 27 nitrogen and oxygen atoms in total. The molecule has 1 heterocycles. The van der Waals surface area contributed by atoms with E-state index < -0.39 is 146 Å². The first-order chi connectivity index (χ1) is 34.8. The Bertz CT molecular complexity index is 2180. The minimum atomic E-state index is -1.72. The molecule has 0 aliphatic carbocycles. The van der Waals surface area contributed by atoms with Crippen LogP contribution in [0.3, 0.4) is 0 Å². The van der Waals surface area contributed by atoms with Crippen molar-refractivity contribution in [3.05, 3.63) is 29.8 Å². The molecule has 0 unspecified atom stereocenters. The third-order valence-electron chi connectivity index (χ3n) is 12.0. The number of phenols is 1. The van der Waals surface area contributed by atoms with Crippen molar-refractivity contribution >= 4 is 83.8 Å². The number of rotatable bonds is 32. The van der Waals surface area contributed by atoms with E-state index in [1.165, 1.54) is 29.2 Å². The van der Waals surface area contributed by atoms with Crippen LogP contribution in [-0.4, -0.2) is 170 Å². The Labute approximate surface area is 433 Å². The highest BCUT2D eigenvalue weighted by Gasteiger charge is 2.38. The number of aromatic hydroxyl groups is 1. The SMILES string of the molecule is CC[C@H](C)[C@H](NC(=O)[C@@H](N)C(C)C)C(=O)NCC(=O)N1CCC[C@H]1C(=O)N[C@@H](Cc1ccc(O)cc1)C(=O)N[C@@H](CCC(=O)O)C(=O)N[C@@H](CCCN=C(N)N)C(=O)N[C@@H](CCC(=O)O)C(=O)N[C@@H](CS)C(=O)O. The number of hydrogen-bond donors (Lipinski definition) is 15. The van der Waals surface area contributed by atoms with Crippen molar-refractivity contribution in [2.75, 3.05) is 25.4 Å². The van der Waals surface area contributed by atoms with Gasteiger partial charge in [0.2, 0.25) is 47.3 Å². The van der Waals surface area contributed by atoms with Gasteiger partial charge in [-0.05, 0) is 68.1 Å². The molecule has 1 aromatic rings. The Balaban J connectivity index is 2.44. The molecule has 17 N–H and O–H groups in total. The lowest BCUT2D eigenvalue weighted by atomic mass is 9.96. The fourth-order valence-corrected chi connectivity index (χ4v) is 7.68. The second kappa shape index (κ2) is 31.4. The number of phenolic OH excluding ortho intramolecular Hbond substituents is 1. The molecule has 1 aromatic carbocycles. The van der Waals surface area contributed by atoms with Gasteiger partial charge in [-0.25, -0.2) is 4.79 Å². The number of nitrogens with two attached hydrogens (primary N) is 3. The largest absolute Gasteiger partial charge is 0.508 e. The average Bonchev–Trinajstić information content (AvgIpc) is 3.85. The number of hydrogen-bond acceptors (Lipinski definition) is 15. The zero-order valence-corrected chi connectivity index (χ0v) is 42.7. The molecule has 9 atom stereocenters. The topological polar surface area (TPSA) is 447 Å². The van der Waals surface area contributed by atoms with Gasteiger partial charge in [0.05, 0.1) is 12.6 Å². The summed E-state index contributed by atoms with van der Waals surface area (Å²) in [5.41, 5.74) is 17.2. The van der Waals surface area contributed by atoms with Gasteiger partial charge < -0.3 is 79.7 Å². The van der Waals surface area contributed by atoms with Crippen molar-refractivity contribution in [1.29, 1.82) is 0 Å². The van der Waals surface area contributed by atoms with Crippen molar-refractivity contribution in [1.82, 2.24) is 42.1 Å². The first kappa shape index (κ1) is 62.9. The number of guanidine groups is 1. The Morgan fingerprint density at radius 2 is 1.23 bits per heavy atom. The number of thiol groups is 1. The molecule has 1 saturated heterocycles. The molecule has 1 fully saturated rings. The highest BCUT2D eigenvalue weighted by atomic mass is 32.1. The lowest BCUT2D eigenvalue weighted by molar-refractivity contribution is -0.142. The molecule has 0 radical (unpaired) electrons. The van der Waals surface area contributed by atoms with Gasteiger partial charge in [-0.2, -0.15) is 12.6 Å². The quantitative estimate of drug-likeness (QED) is 0.0146.